The first-order valence-electron chi connectivity index (χ1n) is 32.8. The van der Waals surface area contributed by atoms with E-state index in [-0.39, 0.29) is 139 Å². The van der Waals surface area contributed by atoms with Gasteiger partial charge in [-0.15, -0.1) is 0 Å². The van der Waals surface area contributed by atoms with E-state index in [1.54, 1.807) is 30.9 Å². The van der Waals surface area contributed by atoms with Crippen LogP contribution in [0.2, 0.25) is 0 Å². The van der Waals surface area contributed by atoms with E-state index in [1.165, 1.54) is 12.2 Å². The van der Waals surface area contributed by atoms with Gasteiger partial charge in [-0.3, -0.25) is 24.0 Å². The number of nitrogens with zero attached hydrogens (tertiary/aromatic N) is 1. The molecule has 0 saturated carbocycles. The van der Waals surface area contributed by atoms with Crippen molar-refractivity contribution in [1.82, 2.24) is 26.2 Å². The highest BCUT2D eigenvalue weighted by Gasteiger charge is 2.52. The summed E-state index contributed by atoms with van der Waals surface area (Å²) in [4.78, 5) is 78.3. The van der Waals surface area contributed by atoms with Crippen molar-refractivity contribution in [2.45, 2.75) is 269 Å². The van der Waals surface area contributed by atoms with E-state index in [2.05, 4.69) is 59.4 Å². The summed E-state index contributed by atoms with van der Waals surface area (Å²) in [5.41, 5.74) is 1.44. The highest BCUT2D eigenvalue weighted by Crippen LogP contribution is 2.44. The molecule has 6 heterocycles. The average Bonchev–Trinajstić information content (AvgIpc) is 2.10. The number of piperidine rings is 1. The van der Waals surface area contributed by atoms with Crippen LogP contribution >= 0.6 is 0 Å². The molecule has 6 rings (SSSR count). The topological polar surface area (TPSA) is 254 Å². The van der Waals surface area contributed by atoms with Crippen molar-refractivity contribution in [1.29, 1.82) is 0 Å². The second-order valence-corrected chi connectivity index (χ2v) is 26.0. The van der Waals surface area contributed by atoms with Crippen molar-refractivity contribution in [3.63, 3.8) is 0 Å². The Morgan fingerprint density at radius 1 is 0.727 bits per heavy atom. The normalized spacial score (nSPS) is 31.5. The fourth-order valence-corrected chi connectivity index (χ4v) is 12.1. The van der Waals surface area contributed by atoms with Crippen LogP contribution in [0.25, 0.3) is 0 Å². The van der Waals surface area contributed by atoms with E-state index < -0.39 is 24.4 Å². The molecule has 6 saturated heterocycles. The predicted octanol–water partition coefficient (Wildman–Crippen LogP) is 8.65. The molecule has 6 fully saturated rings. The number of rotatable bonds is 32. The number of ether oxygens (including phenoxy) is 8. The Morgan fingerprint density at radius 2 is 1.31 bits per heavy atom. The summed E-state index contributed by atoms with van der Waals surface area (Å²) in [5, 5.41) is 22.2. The number of unbranched alkanes of at least 4 members (excludes halogenated alkanes) is 1. The van der Waals surface area contributed by atoms with Crippen LogP contribution in [0, 0.1) is 11.8 Å². The van der Waals surface area contributed by atoms with Crippen LogP contribution in [-0.2, 0) is 61.9 Å². The number of amides is 5. The molecule has 20 nitrogen and oxygen atoms in total. The SMILES string of the molecule is CCCNC(=O)C[C@H](C[C@@]1(C)O[C@@H]1C)O[C@H](/C=C/C(C)=C/C[C@@H]1O[C@H](C)[C@H](NC(=O)/C=C\[C@H](C)OC(=O)CCCCNC(=O)C[C@@H]2C[C@@]3(CO3)C[C@@H](/C=C/C(C)=C/C[C@@H]3O[C@H](C)[C@H](NC(=O)/C=C\[C@H](C)OC(=O)N4CCCCC4)C[C@@H]3C)O2)C[C@@H]1C)CO. The van der Waals surface area contributed by atoms with Gasteiger partial charge >= 0.3 is 12.1 Å². The Balaban J connectivity index is 0.815. The van der Waals surface area contributed by atoms with Gasteiger partial charge in [-0.1, -0.05) is 68.4 Å². The second-order valence-electron chi connectivity index (χ2n) is 26.0. The number of carbonyl (C=O) groups is 6. The summed E-state index contributed by atoms with van der Waals surface area (Å²) >= 11 is 0. The first-order chi connectivity index (χ1) is 41.9. The zero-order valence-electron chi connectivity index (χ0n) is 54.6. The van der Waals surface area contributed by atoms with E-state index in [4.69, 9.17) is 37.9 Å². The molecule has 5 N–H and O–H groups in total. The number of likely N-dealkylation sites (tertiary alicyclic amines) is 1. The van der Waals surface area contributed by atoms with Crippen molar-refractivity contribution in [2.24, 2.45) is 11.8 Å². The number of aliphatic hydroxyl groups excluding tert-OH is 1. The van der Waals surface area contributed by atoms with Crippen LogP contribution in [0.1, 0.15) is 179 Å². The van der Waals surface area contributed by atoms with Crippen molar-refractivity contribution in [3.8, 4) is 0 Å². The van der Waals surface area contributed by atoms with Crippen LogP contribution in [0.4, 0.5) is 4.79 Å². The van der Waals surface area contributed by atoms with Gasteiger partial charge in [0.05, 0.1) is 104 Å². The van der Waals surface area contributed by atoms with Gasteiger partial charge in [-0.2, -0.15) is 0 Å². The molecule has 0 unspecified atom stereocenters. The smallest absolute Gasteiger partial charge is 0.410 e. The van der Waals surface area contributed by atoms with Crippen molar-refractivity contribution < 1.29 is 71.8 Å². The number of hydrogen-bond acceptors (Lipinski definition) is 15. The molecular formula is C68H107N5O15. The van der Waals surface area contributed by atoms with Crippen LogP contribution in [-0.4, -0.2) is 176 Å². The van der Waals surface area contributed by atoms with Gasteiger partial charge in [0.25, 0.3) is 0 Å². The number of aliphatic hydroxyl groups is 1. The van der Waals surface area contributed by atoms with Gasteiger partial charge in [0.15, 0.2) is 0 Å². The Hall–Kier alpha value is -5.22. The summed E-state index contributed by atoms with van der Waals surface area (Å²) in [6.45, 7) is 24.6. The third-order valence-corrected chi connectivity index (χ3v) is 17.9. The van der Waals surface area contributed by atoms with E-state index in [0.29, 0.717) is 64.9 Å². The molecule has 0 aromatic carbocycles. The number of allylic oxidation sites excluding steroid dienone is 4. The second kappa shape index (κ2) is 35.4. The molecule has 494 valence electrons. The zero-order valence-corrected chi connectivity index (χ0v) is 54.6. The molecule has 0 aromatic heterocycles. The zero-order chi connectivity index (χ0) is 64.0. The summed E-state index contributed by atoms with van der Waals surface area (Å²) in [7, 11) is 0. The standard InChI is InChI=1S/C68H107N5O15/c1-12-31-69-63(77)37-55(39-67(11)52(10)88-67)87-54(42-74)26-20-45(3)22-28-60-47(5)35-57(50(8)85-60)71-61(75)29-23-48(6)82-65(79)18-14-15-32-70-64(78)38-56-41-68(43-81-68)40-53(86-56)25-19-44(2)21-27-59-46(4)36-58(51(9)84-59)72-62(76)30-24-49(7)83-66(80)73-33-16-13-17-34-73/h19-26,29-30,46-60,74H,12-18,27-28,31-43H2,1-11H3,(H,69,77)(H,70,78)(H,71,75)(H,72,76)/b25-19+,26-20+,29-23-,30-24-,44-21+,45-22+/t46-,47-,48-,49-,50+,51+,52+,53+,54+,55+,56+,57+,58+,59-,60-,67+,68+/m0/s1. The largest absolute Gasteiger partial charge is 0.458 e. The monoisotopic (exact) mass is 1230 g/mol. The minimum absolute atomic E-state index is 0.00821. The van der Waals surface area contributed by atoms with E-state index in [1.807, 2.05) is 60.6 Å². The number of hydrogen-bond donors (Lipinski definition) is 5. The molecule has 0 radical (unpaired) electrons. The number of epoxide rings is 2. The average molecular weight is 1230 g/mol. The lowest BCUT2D eigenvalue weighted by Gasteiger charge is -2.39. The third-order valence-electron chi connectivity index (χ3n) is 17.9. The Labute approximate surface area is 524 Å². The summed E-state index contributed by atoms with van der Waals surface area (Å²) in [6.07, 6.45) is 25.2. The Morgan fingerprint density at radius 3 is 1.88 bits per heavy atom. The molecule has 88 heavy (non-hydrogen) atoms. The Bertz CT molecular complexity index is 2470. The maximum absolute atomic E-state index is 13.1. The highest BCUT2D eigenvalue weighted by molar-refractivity contribution is 5.88. The molecule has 6 aliphatic rings. The van der Waals surface area contributed by atoms with Gasteiger partial charge in [0.1, 0.15) is 12.2 Å². The summed E-state index contributed by atoms with van der Waals surface area (Å²) < 4.78 is 48.2. The molecule has 5 amide bonds. The van der Waals surface area contributed by atoms with Crippen molar-refractivity contribution in [3.05, 3.63) is 71.9 Å². The van der Waals surface area contributed by atoms with Gasteiger partial charge in [-0.05, 0) is 144 Å². The lowest BCUT2D eigenvalue weighted by molar-refractivity contribution is -0.146. The lowest BCUT2D eigenvalue weighted by atomic mass is 9.88. The molecule has 0 aromatic rings. The minimum Gasteiger partial charge on any atom is -0.458 e. The number of nitrogens with one attached hydrogen (secondary N) is 4. The molecule has 0 aliphatic carbocycles. The molecular weight excluding hydrogens is 1130 g/mol. The maximum atomic E-state index is 13.1. The first-order valence-corrected chi connectivity index (χ1v) is 32.8. The Kier molecular flexibility index (Phi) is 28.9. The van der Waals surface area contributed by atoms with Gasteiger partial charge < -0.3 is 69.2 Å². The van der Waals surface area contributed by atoms with E-state index >= 15 is 0 Å². The van der Waals surface area contributed by atoms with Crippen LogP contribution in [0.3, 0.4) is 0 Å². The van der Waals surface area contributed by atoms with Gasteiger partial charge in [0, 0.05) is 64.0 Å². The van der Waals surface area contributed by atoms with E-state index in [9.17, 15) is 33.9 Å². The predicted molar refractivity (Wildman–Crippen MR) is 336 cm³/mol. The molecule has 0 bridgehead atoms. The van der Waals surface area contributed by atoms with Gasteiger partial charge in [-0.25, -0.2) is 4.79 Å². The summed E-state index contributed by atoms with van der Waals surface area (Å²) in [6, 6.07) is -0.347. The summed E-state index contributed by atoms with van der Waals surface area (Å²) in [5.74, 6) is -0.763. The molecule has 17 atom stereocenters. The quantitative estimate of drug-likeness (QED) is 0.0139. The lowest BCUT2D eigenvalue weighted by Crippen LogP contribution is -2.50. The molecule has 20 heteroatoms. The number of carbonyl (C=O) groups excluding carboxylic acids is 6. The number of esters is 1. The van der Waals surface area contributed by atoms with Gasteiger partial charge in [0.2, 0.25) is 23.6 Å². The third kappa shape index (κ3) is 24.9. The maximum Gasteiger partial charge on any atom is 0.410 e. The molecule has 6 aliphatic heterocycles. The molecule has 1 spiro atoms. The first kappa shape index (κ1) is 71.9. The van der Waals surface area contributed by atoms with Crippen LogP contribution in [0.5, 0.6) is 0 Å². The fraction of sp³-hybridized carbons (Fsp3) is 0.735. The highest BCUT2D eigenvalue weighted by atomic mass is 16.6. The van der Waals surface area contributed by atoms with Crippen LogP contribution < -0.4 is 21.3 Å². The van der Waals surface area contributed by atoms with E-state index in [0.717, 1.165) is 62.5 Å². The fourth-order valence-electron chi connectivity index (χ4n) is 12.1. The minimum atomic E-state index is -0.614. The van der Waals surface area contributed by atoms with Crippen molar-refractivity contribution in [2.75, 3.05) is 39.4 Å². The van der Waals surface area contributed by atoms with Crippen LogP contribution in [0.15, 0.2) is 71.9 Å². The van der Waals surface area contributed by atoms with Crippen molar-refractivity contribution >= 4 is 35.7 Å².